The molecule has 4 rings (SSSR count). The lowest BCUT2D eigenvalue weighted by Crippen LogP contribution is -2.05. The fourth-order valence-electron chi connectivity index (χ4n) is 2.50. The molecule has 0 unspecified atom stereocenters. The lowest BCUT2D eigenvalue weighted by Gasteiger charge is -1.97. The van der Waals surface area contributed by atoms with E-state index in [1.165, 1.54) is 10.4 Å². The van der Waals surface area contributed by atoms with Crippen LogP contribution < -0.4 is 0 Å². The summed E-state index contributed by atoms with van der Waals surface area (Å²) in [5.74, 6) is 1.37. The Labute approximate surface area is 154 Å². The molecule has 0 amide bonds. The van der Waals surface area contributed by atoms with Crippen molar-refractivity contribution < 1.29 is 4.52 Å². The monoisotopic (exact) mass is 366 g/mol. The summed E-state index contributed by atoms with van der Waals surface area (Å²) in [7, 11) is 0. The zero-order valence-corrected chi connectivity index (χ0v) is 14.8. The van der Waals surface area contributed by atoms with E-state index in [1.54, 1.807) is 6.07 Å². The SMILES string of the molecule is CCc1ccc(-c2nnn(Cc3noc(-c4ccccc4Cl)n3)n2)cc1. The van der Waals surface area contributed by atoms with Crippen LogP contribution in [-0.2, 0) is 13.0 Å². The number of hydrogen-bond donors (Lipinski definition) is 0. The molecule has 0 saturated carbocycles. The van der Waals surface area contributed by atoms with Gasteiger partial charge in [-0.3, -0.25) is 0 Å². The number of halogens is 1. The smallest absolute Gasteiger partial charge is 0.259 e. The first kappa shape index (κ1) is 16.4. The summed E-state index contributed by atoms with van der Waals surface area (Å²) < 4.78 is 5.29. The molecule has 0 fully saturated rings. The molecular weight excluding hydrogens is 352 g/mol. The number of hydrogen-bond acceptors (Lipinski definition) is 6. The van der Waals surface area contributed by atoms with Crippen molar-refractivity contribution in [3.05, 3.63) is 64.9 Å². The lowest BCUT2D eigenvalue weighted by atomic mass is 10.1. The Kier molecular flexibility index (Phi) is 4.45. The van der Waals surface area contributed by atoms with Crippen molar-refractivity contribution in [2.75, 3.05) is 0 Å². The van der Waals surface area contributed by atoms with Crippen LogP contribution in [0.1, 0.15) is 18.3 Å². The molecule has 2 heterocycles. The van der Waals surface area contributed by atoms with Gasteiger partial charge in [-0.1, -0.05) is 60.1 Å². The molecular formula is C18H15ClN6O. The Morgan fingerprint density at radius 2 is 1.88 bits per heavy atom. The lowest BCUT2D eigenvalue weighted by molar-refractivity contribution is 0.415. The van der Waals surface area contributed by atoms with Crippen LogP contribution in [0, 0.1) is 0 Å². The molecule has 0 spiro atoms. The molecule has 130 valence electrons. The van der Waals surface area contributed by atoms with Crippen molar-refractivity contribution in [2.45, 2.75) is 19.9 Å². The Morgan fingerprint density at radius 3 is 2.65 bits per heavy atom. The van der Waals surface area contributed by atoms with Crippen LogP contribution >= 0.6 is 11.6 Å². The summed E-state index contributed by atoms with van der Waals surface area (Å²) in [4.78, 5) is 5.79. The fourth-order valence-corrected chi connectivity index (χ4v) is 2.72. The third kappa shape index (κ3) is 3.34. The molecule has 4 aromatic rings. The minimum Gasteiger partial charge on any atom is -0.334 e. The Balaban J connectivity index is 1.52. The number of tetrazole rings is 1. The molecule has 2 aromatic carbocycles. The van der Waals surface area contributed by atoms with Gasteiger partial charge in [-0.2, -0.15) is 9.78 Å². The second-order valence-electron chi connectivity index (χ2n) is 5.69. The van der Waals surface area contributed by atoms with Crippen LogP contribution in [0.25, 0.3) is 22.8 Å². The van der Waals surface area contributed by atoms with Crippen molar-refractivity contribution in [2.24, 2.45) is 0 Å². The predicted molar refractivity (Wildman–Crippen MR) is 96.5 cm³/mol. The van der Waals surface area contributed by atoms with E-state index >= 15 is 0 Å². The van der Waals surface area contributed by atoms with Crippen LogP contribution in [-0.4, -0.2) is 30.3 Å². The van der Waals surface area contributed by atoms with E-state index in [-0.39, 0.29) is 6.54 Å². The van der Waals surface area contributed by atoms with Crippen molar-refractivity contribution in [3.8, 4) is 22.8 Å². The number of nitrogens with zero attached hydrogens (tertiary/aromatic N) is 6. The van der Waals surface area contributed by atoms with Gasteiger partial charge in [0.05, 0.1) is 10.6 Å². The normalized spacial score (nSPS) is 11.0. The van der Waals surface area contributed by atoms with Gasteiger partial charge in [0.1, 0.15) is 6.54 Å². The van der Waals surface area contributed by atoms with Crippen LogP contribution in [0.4, 0.5) is 0 Å². The third-order valence-electron chi connectivity index (χ3n) is 3.93. The summed E-state index contributed by atoms with van der Waals surface area (Å²) >= 11 is 6.15. The van der Waals surface area contributed by atoms with Crippen molar-refractivity contribution in [3.63, 3.8) is 0 Å². The molecule has 0 radical (unpaired) electrons. The van der Waals surface area contributed by atoms with Crippen molar-refractivity contribution >= 4 is 11.6 Å². The van der Waals surface area contributed by atoms with Crippen LogP contribution in [0.3, 0.4) is 0 Å². The van der Waals surface area contributed by atoms with Crippen LogP contribution in [0.15, 0.2) is 53.1 Å². The van der Waals surface area contributed by atoms with Gasteiger partial charge in [0.25, 0.3) is 5.89 Å². The average Bonchev–Trinajstić information content (AvgIpc) is 3.32. The fraction of sp³-hybridized carbons (Fsp3) is 0.167. The predicted octanol–water partition coefficient (Wildman–Crippen LogP) is 3.65. The van der Waals surface area contributed by atoms with Gasteiger partial charge >= 0.3 is 0 Å². The molecule has 0 atom stereocenters. The Bertz CT molecular complexity index is 1020. The maximum Gasteiger partial charge on any atom is 0.259 e. The quantitative estimate of drug-likeness (QED) is 0.536. The first-order chi connectivity index (χ1) is 12.7. The van der Waals surface area contributed by atoms with Gasteiger partial charge in [-0.25, -0.2) is 0 Å². The van der Waals surface area contributed by atoms with E-state index in [1.807, 2.05) is 30.3 Å². The minimum absolute atomic E-state index is 0.258. The molecule has 0 N–H and O–H groups in total. The standard InChI is InChI=1S/C18H15ClN6O/c1-2-12-7-9-13(10-8-12)17-21-24-25(22-17)11-16-20-18(26-23-16)14-5-3-4-6-15(14)19/h3-10H,2,11H2,1H3. The summed E-state index contributed by atoms with van der Waals surface area (Å²) in [5.41, 5.74) is 2.87. The summed E-state index contributed by atoms with van der Waals surface area (Å²) in [6.45, 7) is 2.37. The molecule has 7 nitrogen and oxygen atoms in total. The number of benzene rings is 2. The zero-order valence-electron chi connectivity index (χ0n) is 14.0. The van der Waals surface area contributed by atoms with Gasteiger partial charge in [-0.05, 0) is 29.3 Å². The third-order valence-corrected chi connectivity index (χ3v) is 4.26. The van der Waals surface area contributed by atoms with E-state index in [0.29, 0.717) is 28.1 Å². The van der Waals surface area contributed by atoms with Gasteiger partial charge in [0.15, 0.2) is 5.82 Å². The van der Waals surface area contributed by atoms with E-state index < -0.39 is 0 Å². The maximum absolute atomic E-state index is 6.15. The highest BCUT2D eigenvalue weighted by atomic mass is 35.5. The molecule has 2 aromatic heterocycles. The molecule has 0 saturated heterocycles. The first-order valence-electron chi connectivity index (χ1n) is 8.17. The van der Waals surface area contributed by atoms with Crippen LogP contribution in [0.2, 0.25) is 5.02 Å². The molecule has 8 heteroatoms. The summed E-state index contributed by atoms with van der Waals surface area (Å²) in [6, 6.07) is 15.4. The van der Waals surface area contributed by atoms with Gasteiger partial charge in [-0.15, -0.1) is 10.2 Å². The molecule has 0 aliphatic heterocycles. The Hall–Kier alpha value is -3.06. The van der Waals surface area contributed by atoms with Gasteiger partial charge in [0, 0.05) is 5.56 Å². The van der Waals surface area contributed by atoms with Crippen LogP contribution in [0.5, 0.6) is 0 Å². The highest BCUT2D eigenvalue weighted by molar-refractivity contribution is 6.33. The van der Waals surface area contributed by atoms with E-state index in [0.717, 1.165) is 12.0 Å². The minimum atomic E-state index is 0.258. The molecule has 26 heavy (non-hydrogen) atoms. The zero-order chi connectivity index (χ0) is 17.9. The second-order valence-corrected chi connectivity index (χ2v) is 6.10. The summed E-state index contributed by atoms with van der Waals surface area (Å²) in [6.07, 6.45) is 0.992. The van der Waals surface area contributed by atoms with E-state index in [9.17, 15) is 0 Å². The molecule has 0 aliphatic carbocycles. The molecule has 0 bridgehead atoms. The van der Waals surface area contributed by atoms with Gasteiger partial charge < -0.3 is 4.52 Å². The van der Waals surface area contributed by atoms with E-state index in [4.69, 9.17) is 16.1 Å². The maximum atomic E-state index is 6.15. The van der Waals surface area contributed by atoms with Crippen molar-refractivity contribution in [1.29, 1.82) is 0 Å². The van der Waals surface area contributed by atoms with Crippen molar-refractivity contribution in [1.82, 2.24) is 30.3 Å². The average molecular weight is 367 g/mol. The highest BCUT2D eigenvalue weighted by Gasteiger charge is 2.13. The largest absolute Gasteiger partial charge is 0.334 e. The number of aryl methyl sites for hydroxylation is 1. The summed E-state index contributed by atoms with van der Waals surface area (Å²) in [5, 5.41) is 17.0. The van der Waals surface area contributed by atoms with Gasteiger partial charge in [0.2, 0.25) is 5.82 Å². The van der Waals surface area contributed by atoms with E-state index in [2.05, 4.69) is 44.6 Å². The number of rotatable bonds is 5. The highest BCUT2D eigenvalue weighted by Crippen LogP contribution is 2.25. The number of aromatic nitrogens is 6. The first-order valence-corrected chi connectivity index (χ1v) is 8.55. The topological polar surface area (TPSA) is 82.5 Å². The Morgan fingerprint density at radius 1 is 1.08 bits per heavy atom. The second kappa shape index (κ2) is 7.05. The molecule has 0 aliphatic rings.